The predicted octanol–water partition coefficient (Wildman–Crippen LogP) is 3.04. The summed E-state index contributed by atoms with van der Waals surface area (Å²) in [4.78, 5) is 14.2. The lowest BCUT2D eigenvalue weighted by atomic mass is 9.80. The van der Waals surface area contributed by atoms with Gasteiger partial charge >= 0.3 is 0 Å². The Bertz CT molecular complexity index is 627. The molecule has 0 spiro atoms. The average molecular weight is 410 g/mol. The van der Waals surface area contributed by atoms with Crippen LogP contribution in [0.25, 0.3) is 0 Å². The number of carbonyl (C=O) groups is 1. The van der Waals surface area contributed by atoms with Crippen molar-refractivity contribution in [3.8, 4) is 0 Å². The van der Waals surface area contributed by atoms with Crippen LogP contribution in [-0.4, -0.2) is 48.5 Å². The van der Waals surface area contributed by atoms with E-state index in [0.717, 1.165) is 29.5 Å². The van der Waals surface area contributed by atoms with Gasteiger partial charge in [-0.25, -0.2) is 0 Å². The molecule has 0 bridgehead atoms. The van der Waals surface area contributed by atoms with Crippen molar-refractivity contribution in [2.45, 2.75) is 32.0 Å². The van der Waals surface area contributed by atoms with Crippen LogP contribution in [0.5, 0.6) is 0 Å². The largest absolute Gasteiger partial charge is 0.459 e. The number of allylic oxidation sites excluding steroid dienone is 1. The second kappa shape index (κ2) is 8.34. The van der Waals surface area contributed by atoms with Crippen molar-refractivity contribution in [2.24, 2.45) is 5.92 Å². The van der Waals surface area contributed by atoms with E-state index < -0.39 is 6.29 Å². The van der Waals surface area contributed by atoms with Crippen LogP contribution in [0.3, 0.4) is 0 Å². The maximum atomic E-state index is 12.5. The first-order valence-electron chi connectivity index (χ1n) is 8.79. The number of hydrogen-bond acceptors (Lipinski definition) is 4. The van der Waals surface area contributed by atoms with E-state index in [2.05, 4.69) is 28.1 Å². The number of nitrogens with zero attached hydrogens (tertiary/aromatic N) is 1. The van der Waals surface area contributed by atoms with E-state index in [1.807, 2.05) is 25.1 Å². The number of benzene rings is 1. The van der Waals surface area contributed by atoms with Crippen molar-refractivity contribution in [1.29, 1.82) is 0 Å². The Morgan fingerprint density at radius 1 is 1.36 bits per heavy atom. The Labute approximate surface area is 156 Å². The highest BCUT2D eigenvalue weighted by molar-refractivity contribution is 9.10. The number of ether oxygens (including phenoxy) is 2. The number of amides is 1. The summed E-state index contributed by atoms with van der Waals surface area (Å²) in [5.74, 6) is 0.388. The molecule has 136 valence electrons. The standard InChI is InChI=1S/C19H24BrNO4/c1-2-24-19-15(4-3-11-22)16(13-5-7-14(20)8-6-13)12-17(25-19)18(23)21-9-10-21/h5-8,12,15-16,19,22H,2-4,9-11H2,1H3/t15-,16+,19+/m0/s1. The summed E-state index contributed by atoms with van der Waals surface area (Å²) in [6.45, 7) is 4.14. The minimum absolute atomic E-state index is 0.0175. The third kappa shape index (κ3) is 4.43. The lowest BCUT2D eigenvalue weighted by Gasteiger charge is -2.37. The molecule has 1 aromatic rings. The highest BCUT2D eigenvalue weighted by Crippen LogP contribution is 2.40. The molecule has 1 fully saturated rings. The second-order valence-electron chi connectivity index (χ2n) is 6.37. The summed E-state index contributed by atoms with van der Waals surface area (Å²) in [6, 6.07) is 8.13. The van der Waals surface area contributed by atoms with Crippen molar-refractivity contribution in [3.63, 3.8) is 0 Å². The fraction of sp³-hybridized carbons (Fsp3) is 0.526. The molecule has 1 saturated heterocycles. The van der Waals surface area contributed by atoms with Gasteiger partial charge in [0.2, 0.25) is 6.29 Å². The van der Waals surface area contributed by atoms with E-state index in [0.29, 0.717) is 18.8 Å². The van der Waals surface area contributed by atoms with Crippen LogP contribution in [-0.2, 0) is 14.3 Å². The lowest BCUT2D eigenvalue weighted by Crippen LogP contribution is -2.37. The number of carbonyl (C=O) groups excluding carboxylic acids is 1. The molecular formula is C19H24BrNO4. The van der Waals surface area contributed by atoms with Gasteiger partial charge in [0.05, 0.1) is 0 Å². The molecule has 0 aromatic heterocycles. The third-order valence-electron chi connectivity index (χ3n) is 4.61. The highest BCUT2D eigenvalue weighted by Gasteiger charge is 2.40. The molecule has 5 nitrogen and oxygen atoms in total. The number of aliphatic hydroxyl groups is 1. The molecule has 0 radical (unpaired) electrons. The molecule has 6 heteroatoms. The normalized spacial score (nSPS) is 25.3. The minimum Gasteiger partial charge on any atom is -0.459 e. The number of halogens is 1. The zero-order valence-corrected chi connectivity index (χ0v) is 15.9. The van der Waals surface area contributed by atoms with Crippen LogP contribution in [0.2, 0.25) is 0 Å². The number of aliphatic hydroxyl groups excluding tert-OH is 1. The van der Waals surface area contributed by atoms with Gasteiger partial charge in [0, 0.05) is 42.6 Å². The molecule has 1 aromatic carbocycles. The first-order valence-corrected chi connectivity index (χ1v) is 9.59. The van der Waals surface area contributed by atoms with Gasteiger partial charge in [-0.2, -0.15) is 0 Å². The van der Waals surface area contributed by atoms with Gasteiger partial charge in [-0.05, 0) is 43.5 Å². The van der Waals surface area contributed by atoms with Gasteiger partial charge in [0.25, 0.3) is 5.91 Å². The molecule has 0 saturated carbocycles. The van der Waals surface area contributed by atoms with Gasteiger partial charge in [-0.1, -0.05) is 28.1 Å². The Morgan fingerprint density at radius 3 is 2.68 bits per heavy atom. The van der Waals surface area contributed by atoms with Crippen LogP contribution in [0.15, 0.2) is 40.6 Å². The quantitative estimate of drug-likeness (QED) is 0.703. The Balaban J connectivity index is 1.93. The van der Waals surface area contributed by atoms with E-state index >= 15 is 0 Å². The van der Waals surface area contributed by atoms with Crippen LogP contribution < -0.4 is 0 Å². The van der Waals surface area contributed by atoms with Crippen LogP contribution in [0.1, 0.15) is 31.2 Å². The van der Waals surface area contributed by atoms with E-state index in [1.165, 1.54) is 0 Å². The van der Waals surface area contributed by atoms with E-state index in [9.17, 15) is 9.90 Å². The molecule has 3 rings (SSSR count). The molecule has 1 amide bonds. The van der Waals surface area contributed by atoms with Crippen molar-refractivity contribution in [3.05, 3.63) is 46.1 Å². The van der Waals surface area contributed by atoms with Crippen LogP contribution in [0.4, 0.5) is 0 Å². The van der Waals surface area contributed by atoms with E-state index in [-0.39, 0.29) is 24.3 Å². The summed E-state index contributed by atoms with van der Waals surface area (Å²) in [6.07, 6.45) is 2.90. The van der Waals surface area contributed by atoms with Gasteiger partial charge in [0.15, 0.2) is 5.76 Å². The third-order valence-corrected chi connectivity index (χ3v) is 5.14. The highest BCUT2D eigenvalue weighted by atomic mass is 79.9. The maximum Gasteiger partial charge on any atom is 0.288 e. The summed E-state index contributed by atoms with van der Waals surface area (Å²) < 4.78 is 12.8. The van der Waals surface area contributed by atoms with Gasteiger partial charge in [-0.15, -0.1) is 0 Å². The average Bonchev–Trinajstić information content (AvgIpc) is 3.45. The smallest absolute Gasteiger partial charge is 0.288 e. The summed E-state index contributed by atoms with van der Waals surface area (Å²) in [5.41, 5.74) is 1.12. The fourth-order valence-electron chi connectivity index (χ4n) is 3.23. The van der Waals surface area contributed by atoms with Crippen molar-refractivity contribution in [2.75, 3.05) is 26.3 Å². The summed E-state index contributed by atoms with van der Waals surface area (Å²) in [7, 11) is 0. The molecular weight excluding hydrogens is 386 g/mol. The number of hydrogen-bond donors (Lipinski definition) is 1. The van der Waals surface area contributed by atoms with Gasteiger partial charge in [-0.3, -0.25) is 4.79 Å². The monoisotopic (exact) mass is 409 g/mol. The Kier molecular flexibility index (Phi) is 6.15. The van der Waals surface area contributed by atoms with E-state index in [1.54, 1.807) is 4.90 Å². The van der Waals surface area contributed by atoms with Gasteiger partial charge < -0.3 is 19.5 Å². The first-order chi connectivity index (χ1) is 12.1. The first kappa shape index (κ1) is 18.4. The Morgan fingerprint density at radius 2 is 2.08 bits per heavy atom. The zero-order valence-electron chi connectivity index (χ0n) is 14.4. The van der Waals surface area contributed by atoms with Crippen LogP contribution in [0, 0.1) is 5.92 Å². The minimum atomic E-state index is -0.478. The predicted molar refractivity (Wildman–Crippen MR) is 97.9 cm³/mol. The molecule has 3 atom stereocenters. The summed E-state index contributed by atoms with van der Waals surface area (Å²) in [5, 5.41) is 9.26. The molecule has 2 heterocycles. The molecule has 25 heavy (non-hydrogen) atoms. The molecule has 0 aliphatic carbocycles. The topological polar surface area (TPSA) is 58.8 Å². The fourth-order valence-corrected chi connectivity index (χ4v) is 3.50. The molecule has 2 aliphatic heterocycles. The molecule has 0 unspecified atom stereocenters. The van der Waals surface area contributed by atoms with Crippen molar-refractivity contribution < 1.29 is 19.4 Å². The summed E-state index contributed by atoms with van der Waals surface area (Å²) >= 11 is 3.47. The van der Waals surface area contributed by atoms with Crippen molar-refractivity contribution >= 4 is 21.8 Å². The lowest BCUT2D eigenvalue weighted by molar-refractivity contribution is -0.168. The second-order valence-corrected chi connectivity index (χ2v) is 7.29. The Hall–Kier alpha value is -1.37. The zero-order chi connectivity index (χ0) is 17.8. The SMILES string of the molecule is CCO[C@@H]1OC(C(=O)N2CC2)=C[C@H](c2ccc(Br)cc2)[C@@H]1CCCO. The molecule has 1 N–H and O–H groups in total. The van der Waals surface area contributed by atoms with Crippen LogP contribution >= 0.6 is 15.9 Å². The maximum absolute atomic E-state index is 12.5. The molecule has 2 aliphatic rings. The van der Waals surface area contributed by atoms with E-state index in [4.69, 9.17) is 9.47 Å². The van der Waals surface area contributed by atoms with Gasteiger partial charge in [0.1, 0.15) is 0 Å². The number of rotatable bonds is 7. The van der Waals surface area contributed by atoms with Crippen molar-refractivity contribution in [1.82, 2.24) is 4.90 Å².